The molecule has 0 radical (unpaired) electrons. The molecule has 0 amide bonds. The van der Waals surface area contributed by atoms with Gasteiger partial charge >= 0.3 is 0 Å². The van der Waals surface area contributed by atoms with Crippen molar-refractivity contribution in [3.8, 4) is 0 Å². The van der Waals surface area contributed by atoms with E-state index in [1.807, 2.05) is 0 Å². The summed E-state index contributed by atoms with van der Waals surface area (Å²) in [6, 6.07) is 0. The van der Waals surface area contributed by atoms with Crippen LogP contribution in [0.1, 0.15) is 6.92 Å². The lowest BCUT2D eigenvalue weighted by Crippen LogP contribution is -2.46. The molecule has 5 nitrogen and oxygen atoms in total. The normalized spacial score (nSPS) is 20.4. The highest BCUT2D eigenvalue weighted by Crippen LogP contribution is 2.09. The van der Waals surface area contributed by atoms with Gasteiger partial charge in [-0.25, -0.2) is 0 Å². The first kappa shape index (κ1) is 12.5. The Labute approximate surface area is 77.3 Å². The molecule has 0 saturated heterocycles. The van der Waals surface area contributed by atoms with E-state index in [4.69, 9.17) is 9.84 Å². The number of hydrogen-bond acceptors (Lipinski definition) is 5. The molecule has 0 spiro atoms. The highest BCUT2D eigenvalue weighted by molar-refractivity contribution is 5.57. The summed E-state index contributed by atoms with van der Waals surface area (Å²) >= 11 is 0. The van der Waals surface area contributed by atoms with Crippen molar-refractivity contribution in [2.45, 2.75) is 31.3 Å². The van der Waals surface area contributed by atoms with E-state index in [0.29, 0.717) is 6.29 Å². The molecule has 0 aromatic carbocycles. The Hall–Kier alpha value is -0.490. The van der Waals surface area contributed by atoms with E-state index in [1.54, 1.807) is 0 Å². The molecule has 4 atom stereocenters. The van der Waals surface area contributed by atoms with E-state index >= 15 is 0 Å². The van der Waals surface area contributed by atoms with Crippen LogP contribution in [0.4, 0.5) is 0 Å². The van der Waals surface area contributed by atoms with Crippen molar-refractivity contribution in [2.75, 3.05) is 14.2 Å². The van der Waals surface area contributed by atoms with Crippen molar-refractivity contribution in [1.29, 1.82) is 0 Å². The van der Waals surface area contributed by atoms with Gasteiger partial charge in [-0.2, -0.15) is 0 Å². The lowest BCUT2D eigenvalue weighted by molar-refractivity contribution is -0.141. The lowest BCUT2D eigenvalue weighted by Gasteiger charge is -2.26. The second kappa shape index (κ2) is 6.04. The first-order chi connectivity index (χ1) is 6.08. The predicted molar refractivity (Wildman–Crippen MR) is 45.3 cm³/mol. The SMILES string of the molecule is CO[C@@H]([C@@H](O)[C@@H](C=O)OC)[C@H](C)O. The fraction of sp³-hybridized carbons (Fsp3) is 0.875. The highest BCUT2D eigenvalue weighted by Gasteiger charge is 2.30. The summed E-state index contributed by atoms with van der Waals surface area (Å²) in [7, 11) is 2.65. The number of carbonyl (C=O) groups is 1. The molecule has 0 bridgehead atoms. The number of carbonyl (C=O) groups excluding carboxylic acids is 1. The molecule has 0 aromatic heterocycles. The summed E-state index contributed by atoms with van der Waals surface area (Å²) in [6.45, 7) is 1.47. The average Bonchev–Trinajstić information content (AvgIpc) is 2.07. The molecular formula is C8H16O5. The van der Waals surface area contributed by atoms with Crippen LogP contribution in [0.3, 0.4) is 0 Å². The van der Waals surface area contributed by atoms with Crippen molar-refractivity contribution in [3.05, 3.63) is 0 Å². The Morgan fingerprint density at radius 1 is 1.23 bits per heavy atom. The van der Waals surface area contributed by atoms with Crippen molar-refractivity contribution >= 4 is 6.29 Å². The number of hydrogen-bond donors (Lipinski definition) is 2. The van der Waals surface area contributed by atoms with Gasteiger partial charge in [0.1, 0.15) is 18.3 Å². The van der Waals surface area contributed by atoms with Gasteiger partial charge in [-0.3, -0.25) is 0 Å². The van der Waals surface area contributed by atoms with Crippen LogP contribution in [0.25, 0.3) is 0 Å². The summed E-state index contributed by atoms with van der Waals surface area (Å²) in [5, 5.41) is 18.7. The first-order valence-electron chi connectivity index (χ1n) is 3.95. The largest absolute Gasteiger partial charge is 0.391 e. The summed E-state index contributed by atoms with van der Waals surface area (Å²) < 4.78 is 9.50. The molecule has 5 heteroatoms. The van der Waals surface area contributed by atoms with Crippen molar-refractivity contribution < 1.29 is 24.5 Å². The van der Waals surface area contributed by atoms with E-state index < -0.39 is 24.4 Å². The standard InChI is InChI=1S/C8H16O5/c1-5(10)8(13-3)7(11)6(4-9)12-2/h4-8,10-11H,1-3H3/t5-,6+,7-,8+/m0/s1. The maximum Gasteiger partial charge on any atom is 0.151 e. The molecule has 2 N–H and O–H groups in total. The molecule has 0 aliphatic heterocycles. The second-order valence-electron chi connectivity index (χ2n) is 2.77. The van der Waals surface area contributed by atoms with Gasteiger partial charge in [-0.15, -0.1) is 0 Å². The molecule has 0 unspecified atom stereocenters. The molecule has 0 aliphatic carbocycles. The van der Waals surface area contributed by atoms with Gasteiger partial charge in [0, 0.05) is 14.2 Å². The fourth-order valence-corrected chi connectivity index (χ4v) is 1.08. The quantitative estimate of drug-likeness (QED) is 0.525. The van der Waals surface area contributed by atoms with Crippen molar-refractivity contribution in [1.82, 2.24) is 0 Å². The van der Waals surface area contributed by atoms with E-state index in [-0.39, 0.29) is 0 Å². The van der Waals surface area contributed by atoms with Gasteiger partial charge < -0.3 is 24.5 Å². The molecule has 0 saturated carbocycles. The Bertz CT molecular complexity index is 147. The maximum atomic E-state index is 10.4. The van der Waals surface area contributed by atoms with Crippen molar-refractivity contribution in [3.63, 3.8) is 0 Å². The van der Waals surface area contributed by atoms with Gasteiger partial charge in [0.15, 0.2) is 6.29 Å². The number of methoxy groups -OCH3 is 2. The molecule has 0 aromatic rings. The molecule has 0 rings (SSSR count). The minimum atomic E-state index is -1.16. The van der Waals surface area contributed by atoms with E-state index in [9.17, 15) is 9.90 Å². The van der Waals surface area contributed by atoms with E-state index in [1.165, 1.54) is 21.1 Å². The zero-order valence-corrected chi connectivity index (χ0v) is 8.01. The predicted octanol–water partition coefficient (Wildman–Crippen LogP) is -1.04. The molecule has 0 fully saturated rings. The van der Waals surface area contributed by atoms with Gasteiger partial charge in [-0.05, 0) is 6.92 Å². The third-order valence-electron chi connectivity index (χ3n) is 1.83. The minimum absolute atomic E-state index is 0.471. The first-order valence-corrected chi connectivity index (χ1v) is 3.95. The Balaban J connectivity index is 4.33. The minimum Gasteiger partial charge on any atom is -0.391 e. The average molecular weight is 192 g/mol. The van der Waals surface area contributed by atoms with Crippen LogP contribution in [0, 0.1) is 0 Å². The molecule has 78 valence electrons. The number of aliphatic hydroxyl groups is 2. The van der Waals surface area contributed by atoms with Crippen LogP contribution in [-0.4, -0.2) is 55.1 Å². The van der Waals surface area contributed by atoms with Crippen LogP contribution in [0.5, 0.6) is 0 Å². The Kier molecular flexibility index (Phi) is 5.81. The summed E-state index contributed by atoms with van der Waals surface area (Å²) in [5.74, 6) is 0. The van der Waals surface area contributed by atoms with Gasteiger partial charge in [-0.1, -0.05) is 0 Å². The fourth-order valence-electron chi connectivity index (χ4n) is 1.08. The third kappa shape index (κ3) is 3.40. The van der Waals surface area contributed by atoms with Crippen LogP contribution in [0.2, 0.25) is 0 Å². The van der Waals surface area contributed by atoms with Gasteiger partial charge in [0.2, 0.25) is 0 Å². The smallest absolute Gasteiger partial charge is 0.151 e. The number of aliphatic hydroxyl groups excluding tert-OH is 2. The Morgan fingerprint density at radius 2 is 1.77 bits per heavy atom. The summed E-state index contributed by atoms with van der Waals surface area (Å²) in [4.78, 5) is 10.4. The van der Waals surface area contributed by atoms with E-state index in [0.717, 1.165) is 0 Å². The lowest BCUT2D eigenvalue weighted by atomic mass is 10.0. The monoisotopic (exact) mass is 192 g/mol. The molecular weight excluding hydrogens is 176 g/mol. The number of rotatable bonds is 6. The second-order valence-corrected chi connectivity index (χ2v) is 2.77. The van der Waals surface area contributed by atoms with Gasteiger partial charge in [0.25, 0.3) is 0 Å². The zero-order chi connectivity index (χ0) is 10.4. The topological polar surface area (TPSA) is 76.0 Å². The van der Waals surface area contributed by atoms with Crippen LogP contribution >= 0.6 is 0 Å². The summed E-state index contributed by atoms with van der Waals surface area (Å²) in [5.41, 5.74) is 0. The van der Waals surface area contributed by atoms with Crippen LogP contribution in [-0.2, 0) is 14.3 Å². The number of aldehydes is 1. The highest BCUT2D eigenvalue weighted by atomic mass is 16.5. The molecule has 0 aliphatic rings. The van der Waals surface area contributed by atoms with Crippen molar-refractivity contribution in [2.24, 2.45) is 0 Å². The number of ether oxygens (including phenoxy) is 2. The molecule has 0 heterocycles. The maximum absolute atomic E-state index is 10.4. The van der Waals surface area contributed by atoms with Crippen LogP contribution in [0.15, 0.2) is 0 Å². The van der Waals surface area contributed by atoms with Gasteiger partial charge in [0.05, 0.1) is 6.10 Å². The van der Waals surface area contributed by atoms with E-state index in [2.05, 4.69) is 4.74 Å². The zero-order valence-electron chi connectivity index (χ0n) is 8.01. The third-order valence-corrected chi connectivity index (χ3v) is 1.83. The molecule has 13 heavy (non-hydrogen) atoms. The Morgan fingerprint density at radius 3 is 2.00 bits per heavy atom. The summed E-state index contributed by atoms with van der Waals surface area (Å²) in [6.07, 6.45) is -3.35. The van der Waals surface area contributed by atoms with Crippen LogP contribution < -0.4 is 0 Å².